The van der Waals surface area contributed by atoms with E-state index in [0.29, 0.717) is 5.82 Å². The molecule has 5 heteroatoms. The lowest BCUT2D eigenvalue weighted by Crippen LogP contribution is -1.91. The summed E-state index contributed by atoms with van der Waals surface area (Å²) < 4.78 is 3.96. The van der Waals surface area contributed by atoms with Crippen molar-refractivity contribution in [2.45, 2.75) is 0 Å². The van der Waals surface area contributed by atoms with Crippen molar-refractivity contribution in [1.82, 2.24) is 9.78 Å². The number of benzene rings is 1. The molecule has 0 radical (unpaired) electrons. The first-order chi connectivity index (χ1) is 6.09. The van der Waals surface area contributed by atoms with Crippen LogP contribution in [0.2, 0.25) is 0 Å². The molecule has 3 nitrogen and oxygen atoms in total. The van der Waals surface area contributed by atoms with E-state index in [0.717, 1.165) is 18.9 Å². The quantitative estimate of drug-likeness (QED) is 0.741. The van der Waals surface area contributed by atoms with Crippen LogP contribution < -0.4 is 5.73 Å². The molecule has 0 amide bonds. The van der Waals surface area contributed by atoms with Gasteiger partial charge in [0.1, 0.15) is 0 Å². The van der Waals surface area contributed by atoms with E-state index in [1.54, 1.807) is 4.68 Å². The van der Waals surface area contributed by atoms with Crippen LogP contribution in [0.1, 0.15) is 0 Å². The highest BCUT2D eigenvalue weighted by Crippen LogP contribution is 2.28. The van der Waals surface area contributed by atoms with E-state index < -0.39 is 0 Å². The summed E-state index contributed by atoms with van der Waals surface area (Å²) >= 11 is 5.70. The summed E-state index contributed by atoms with van der Waals surface area (Å²) in [7, 11) is 1.89. The zero-order valence-corrected chi connectivity index (χ0v) is 10.6. The second-order valence-electron chi connectivity index (χ2n) is 2.79. The first-order valence-corrected chi connectivity index (χ1v) is 5.54. The largest absolute Gasteiger partial charge is 0.382 e. The van der Waals surface area contributed by atoms with Crippen LogP contribution in [0.4, 0.5) is 5.82 Å². The van der Waals surface area contributed by atoms with Crippen LogP contribution in [0, 0.1) is 3.57 Å². The molecule has 68 valence electrons. The minimum atomic E-state index is 0.592. The smallest absolute Gasteiger partial charge is 0.154 e. The molecular formula is C8H7BrIN3. The second-order valence-corrected chi connectivity index (χ2v) is 4.87. The summed E-state index contributed by atoms with van der Waals surface area (Å²) in [6.07, 6.45) is 0. The lowest BCUT2D eigenvalue weighted by Gasteiger charge is -1.97. The molecule has 0 unspecified atom stereocenters. The van der Waals surface area contributed by atoms with E-state index in [-0.39, 0.29) is 0 Å². The molecule has 0 atom stereocenters. The Morgan fingerprint density at radius 1 is 1.54 bits per heavy atom. The third kappa shape index (κ3) is 1.43. The SMILES string of the molecule is Cn1nc(N)c2c(I)cc(Br)cc21. The van der Waals surface area contributed by atoms with Crippen molar-refractivity contribution >= 4 is 55.2 Å². The summed E-state index contributed by atoms with van der Waals surface area (Å²) in [4.78, 5) is 0. The lowest BCUT2D eigenvalue weighted by atomic mass is 10.2. The second kappa shape index (κ2) is 3.13. The summed E-state index contributed by atoms with van der Waals surface area (Å²) in [5.74, 6) is 0.592. The zero-order chi connectivity index (χ0) is 9.59. The van der Waals surface area contributed by atoms with Crippen LogP contribution in [0.3, 0.4) is 0 Å². The van der Waals surface area contributed by atoms with Crippen LogP contribution in [-0.2, 0) is 7.05 Å². The summed E-state index contributed by atoms with van der Waals surface area (Å²) in [5, 5.41) is 5.19. The van der Waals surface area contributed by atoms with Crippen molar-refractivity contribution in [2.75, 3.05) is 5.73 Å². The van der Waals surface area contributed by atoms with Gasteiger partial charge in [0.25, 0.3) is 0 Å². The van der Waals surface area contributed by atoms with Gasteiger partial charge in [-0.3, -0.25) is 4.68 Å². The topological polar surface area (TPSA) is 43.8 Å². The molecule has 1 aromatic carbocycles. The Hall–Kier alpha value is -0.300. The van der Waals surface area contributed by atoms with E-state index in [4.69, 9.17) is 5.73 Å². The number of halogens is 2. The van der Waals surface area contributed by atoms with Crippen molar-refractivity contribution in [3.8, 4) is 0 Å². The molecule has 0 saturated heterocycles. The number of hydrogen-bond acceptors (Lipinski definition) is 2. The van der Waals surface area contributed by atoms with Gasteiger partial charge in [-0.2, -0.15) is 5.10 Å². The molecule has 2 aromatic rings. The Balaban J connectivity index is 2.97. The van der Waals surface area contributed by atoms with E-state index in [1.807, 2.05) is 19.2 Å². The monoisotopic (exact) mass is 351 g/mol. The van der Waals surface area contributed by atoms with E-state index in [9.17, 15) is 0 Å². The van der Waals surface area contributed by atoms with E-state index >= 15 is 0 Å². The molecule has 0 saturated carbocycles. The Bertz CT molecular complexity index is 478. The summed E-state index contributed by atoms with van der Waals surface area (Å²) in [5.41, 5.74) is 6.83. The highest BCUT2D eigenvalue weighted by Gasteiger charge is 2.09. The summed E-state index contributed by atoms with van der Waals surface area (Å²) in [6.45, 7) is 0. The third-order valence-corrected chi connectivity index (χ3v) is 3.21. The predicted octanol–water partition coefficient (Wildman–Crippen LogP) is 2.52. The van der Waals surface area contributed by atoms with Crippen molar-refractivity contribution < 1.29 is 0 Å². The van der Waals surface area contributed by atoms with Gasteiger partial charge in [-0.25, -0.2) is 0 Å². The van der Waals surface area contributed by atoms with Crippen LogP contribution in [0.15, 0.2) is 16.6 Å². The fraction of sp³-hybridized carbons (Fsp3) is 0.125. The van der Waals surface area contributed by atoms with E-state index in [1.165, 1.54) is 0 Å². The number of aromatic nitrogens is 2. The minimum Gasteiger partial charge on any atom is -0.382 e. The van der Waals surface area contributed by atoms with Gasteiger partial charge in [-0.15, -0.1) is 0 Å². The number of rotatable bonds is 0. The minimum absolute atomic E-state index is 0.592. The molecule has 0 bridgehead atoms. The molecule has 0 spiro atoms. The van der Waals surface area contributed by atoms with E-state index in [2.05, 4.69) is 43.6 Å². The number of nitrogen functional groups attached to an aromatic ring is 1. The number of hydrogen-bond donors (Lipinski definition) is 1. The molecule has 0 aliphatic heterocycles. The molecule has 0 fully saturated rings. The number of fused-ring (bicyclic) bond motifs is 1. The predicted molar refractivity (Wildman–Crippen MR) is 65.5 cm³/mol. The zero-order valence-electron chi connectivity index (χ0n) is 6.88. The van der Waals surface area contributed by atoms with Gasteiger partial charge in [0, 0.05) is 15.1 Å². The maximum absolute atomic E-state index is 5.78. The van der Waals surface area contributed by atoms with Gasteiger partial charge in [0.05, 0.1) is 10.9 Å². The van der Waals surface area contributed by atoms with Crippen LogP contribution in [0.5, 0.6) is 0 Å². The first kappa shape index (κ1) is 9.26. The van der Waals surface area contributed by atoms with Gasteiger partial charge < -0.3 is 5.73 Å². The number of anilines is 1. The molecule has 0 aliphatic carbocycles. The number of aryl methyl sites for hydroxylation is 1. The Labute approximate surface area is 97.6 Å². The molecule has 0 aliphatic rings. The highest BCUT2D eigenvalue weighted by atomic mass is 127. The third-order valence-electron chi connectivity index (χ3n) is 1.90. The number of nitrogens with two attached hydrogens (primary N) is 1. The Morgan fingerprint density at radius 2 is 2.23 bits per heavy atom. The van der Waals surface area contributed by atoms with Gasteiger partial charge in [-0.05, 0) is 34.7 Å². The average Bonchev–Trinajstić information content (AvgIpc) is 2.27. The van der Waals surface area contributed by atoms with Crippen LogP contribution in [-0.4, -0.2) is 9.78 Å². The highest BCUT2D eigenvalue weighted by molar-refractivity contribution is 14.1. The molecule has 1 heterocycles. The molecule has 2 N–H and O–H groups in total. The molecule has 2 rings (SSSR count). The van der Waals surface area contributed by atoms with Gasteiger partial charge in [-0.1, -0.05) is 15.9 Å². The van der Waals surface area contributed by atoms with Crippen molar-refractivity contribution in [3.05, 3.63) is 20.2 Å². The lowest BCUT2D eigenvalue weighted by molar-refractivity contribution is 0.802. The van der Waals surface area contributed by atoms with Gasteiger partial charge in [0.2, 0.25) is 0 Å². The fourth-order valence-electron chi connectivity index (χ4n) is 1.33. The molecule has 13 heavy (non-hydrogen) atoms. The number of nitrogens with zero attached hydrogens (tertiary/aromatic N) is 2. The first-order valence-electron chi connectivity index (χ1n) is 3.67. The van der Waals surface area contributed by atoms with Crippen molar-refractivity contribution in [3.63, 3.8) is 0 Å². The maximum Gasteiger partial charge on any atom is 0.154 e. The molecule has 1 aromatic heterocycles. The fourth-order valence-corrected chi connectivity index (χ4v) is 3.10. The van der Waals surface area contributed by atoms with Crippen LogP contribution >= 0.6 is 38.5 Å². The van der Waals surface area contributed by atoms with Gasteiger partial charge in [0.15, 0.2) is 5.82 Å². The van der Waals surface area contributed by atoms with Crippen LogP contribution in [0.25, 0.3) is 10.9 Å². The normalized spacial score (nSPS) is 11.0. The Kier molecular flexibility index (Phi) is 2.23. The molecular weight excluding hydrogens is 345 g/mol. The maximum atomic E-state index is 5.78. The Morgan fingerprint density at radius 3 is 2.92 bits per heavy atom. The van der Waals surface area contributed by atoms with Crippen molar-refractivity contribution in [1.29, 1.82) is 0 Å². The van der Waals surface area contributed by atoms with Crippen molar-refractivity contribution in [2.24, 2.45) is 7.05 Å². The van der Waals surface area contributed by atoms with Gasteiger partial charge >= 0.3 is 0 Å². The standard InChI is InChI=1S/C8H7BrIN3/c1-13-6-3-4(9)2-5(10)7(6)8(11)12-13/h2-3H,1H3,(H2,11,12). The average molecular weight is 352 g/mol. The summed E-state index contributed by atoms with van der Waals surface area (Å²) in [6, 6.07) is 4.04.